The van der Waals surface area contributed by atoms with Gasteiger partial charge >= 0.3 is 0 Å². The van der Waals surface area contributed by atoms with E-state index < -0.39 is 22.3 Å². The van der Waals surface area contributed by atoms with E-state index >= 15 is 0 Å². The molecule has 21 heavy (non-hydrogen) atoms. The lowest BCUT2D eigenvalue weighted by Crippen LogP contribution is -2.47. The second-order valence-electron chi connectivity index (χ2n) is 4.78. The number of hydrogen-bond acceptors (Lipinski definition) is 5. The fourth-order valence-electron chi connectivity index (χ4n) is 2.26. The van der Waals surface area contributed by atoms with E-state index in [0.717, 1.165) is 6.07 Å². The van der Waals surface area contributed by atoms with Gasteiger partial charge in [-0.25, -0.2) is 4.39 Å². The van der Waals surface area contributed by atoms with Gasteiger partial charge in [-0.3, -0.25) is 14.9 Å². The first-order valence-electron chi connectivity index (χ1n) is 6.50. The van der Waals surface area contributed by atoms with Crippen molar-refractivity contribution in [2.24, 2.45) is 0 Å². The molecule has 1 fully saturated rings. The molecule has 1 amide bonds. The van der Waals surface area contributed by atoms with Crippen molar-refractivity contribution >= 4 is 17.3 Å². The van der Waals surface area contributed by atoms with Gasteiger partial charge in [0.1, 0.15) is 5.56 Å². The number of nitrogens with zero attached hydrogens (tertiary/aromatic N) is 2. The summed E-state index contributed by atoms with van der Waals surface area (Å²) in [5.74, 6) is -1.26. The average molecular weight is 297 g/mol. The number of anilines is 1. The summed E-state index contributed by atoms with van der Waals surface area (Å²) < 4.78 is 18.9. The fourth-order valence-corrected chi connectivity index (χ4v) is 2.26. The summed E-state index contributed by atoms with van der Waals surface area (Å²) in [6, 6.07) is 1.76. The lowest BCUT2D eigenvalue weighted by atomic mass is 10.1. The van der Waals surface area contributed by atoms with E-state index in [4.69, 9.17) is 4.74 Å². The summed E-state index contributed by atoms with van der Waals surface area (Å²) in [7, 11) is 1.48. The number of nitro benzene ring substituents is 1. The van der Waals surface area contributed by atoms with Crippen molar-refractivity contribution in [2.75, 3.05) is 32.1 Å². The molecule has 0 saturated carbocycles. The Bertz CT molecular complexity index is 579. The SMILES string of the molecule is CNc1cc(C(=O)N2CCOCC2C)c([N+](=O)[O-])cc1F. The number of nitro groups is 1. The van der Waals surface area contributed by atoms with Crippen molar-refractivity contribution in [1.82, 2.24) is 4.90 Å². The summed E-state index contributed by atoms with van der Waals surface area (Å²) in [5.41, 5.74) is -0.612. The third kappa shape index (κ3) is 2.94. The molecule has 1 aliphatic rings. The molecular weight excluding hydrogens is 281 g/mol. The Morgan fingerprint density at radius 1 is 1.57 bits per heavy atom. The van der Waals surface area contributed by atoms with E-state index in [0.29, 0.717) is 19.8 Å². The molecule has 1 saturated heterocycles. The molecule has 1 heterocycles. The number of carbonyl (C=O) groups excluding carboxylic acids is 1. The molecule has 7 nitrogen and oxygen atoms in total. The Kier molecular flexibility index (Phi) is 4.37. The van der Waals surface area contributed by atoms with E-state index in [1.54, 1.807) is 6.92 Å². The van der Waals surface area contributed by atoms with Crippen LogP contribution in [-0.2, 0) is 4.74 Å². The van der Waals surface area contributed by atoms with Crippen LogP contribution in [0, 0.1) is 15.9 Å². The monoisotopic (exact) mass is 297 g/mol. The van der Waals surface area contributed by atoms with Gasteiger partial charge in [0.25, 0.3) is 11.6 Å². The van der Waals surface area contributed by atoms with Crippen molar-refractivity contribution in [3.63, 3.8) is 0 Å². The standard InChI is InChI=1S/C13H16FN3O4/c1-8-7-21-4-3-16(8)13(18)9-5-11(15-2)10(14)6-12(9)17(19)20/h5-6,8,15H,3-4,7H2,1-2H3. The lowest BCUT2D eigenvalue weighted by molar-refractivity contribution is -0.385. The molecule has 1 atom stereocenters. The van der Waals surface area contributed by atoms with Gasteiger partial charge in [-0.15, -0.1) is 0 Å². The molecule has 1 N–H and O–H groups in total. The second-order valence-corrected chi connectivity index (χ2v) is 4.78. The highest BCUT2D eigenvalue weighted by Crippen LogP contribution is 2.28. The van der Waals surface area contributed by atoms with E-state index in [1.807, 2.05) is 0 Å². The molecule has 8 heteroatoms. The van der Waals surface area contributed by atoms with Crippen molar-refractivity contribution in [2.45, 2.75) is 13.0 Å². The predicted octanol–water partition coefficient (Wildman–Crippen LogP) is 1.64. The third-order valence-electron chi connectivity index (χ3n) is 3.41. The molecule has 0 spiro atoms. The normalized spacial score (nSPS) is 18.4. The highest BCUT2D eigenvalue weighted by Gasteiger charge is 2.31. The molecule has 0 radical (unpaired) electrons. The summed E-state index contributed by atoms with van der Waals surface area (Å²) in [5, 5.41) is 13.6. The first-order chi connectivity index (χ1) is 9.95. The van der Waals surface area contributed by atoms with E-state index in [1.165, 1.54) is 18.0 Å². The van der Waals surface area contributed by atoms with Crippen LogP contribution in [0.25, 0.3) is 0 Å². The largest absolute Gasteiger partial charge is 0.386 e. The minimum absolute atomic E-state index is 0.0462. The summed E-state index contributed by atoms with van der Waals surface area (Å²) in [6.07, 6.45) is 0. The molecule has 0 aromatic heterocycles. The Labute approximate surface area is 120 Å². The van der Waals surface area contributed by atoms with Gasteiger partial charge in [0, 0.05) is 13.6 Å². The first kappa shape index (κ1) is 15.2. The van der Waals surface area contributed by atoms with Gasteiger partial charge in [-0.2, -0.15) is 0 Å². The molecule has 0 bridgehead atoms. The maximum absolute atomic E-state index is 13.7. The predicted molar refractivity (Wildman–Crippen MR) is 73.9 cm³/mol. The number of morpholine rings is 1. The maximum Gasteiger partial charge on any atom is 0.285 e. The average Bonchev–Trinajstić information content (AvgIpc) is 2.46. The fraction of sp³-hybridized carbons (Fsp3) is 0.462. The first-order valence-corrected chi connectivity index (χ1v) is 6.50. The Hall–Kier alpha value is -2.22. The molecule has 114 valence electrons. The number of ether oxygens (including phenoxy) is 1. The van der Waals surface area contributed by atoms with Crippen LogP contribution in [0.3, 0.4) is 0 Å². The molecule has 2 rings (SSSR count). The number of hydrogen-bond donors (Lipinski definition) is 1. The van der Waals surface area contributed by atoms with E-state index in [9.17, 15) is 19.3 Å². The smallest absolute Gasteiger partial charge is 0.285 e. The lowest BCUT2D eigenvalue weighted by Gasteiger charge is -2.33. The minimum Gasteiger partial charge on any atom is -0.386 e. The summed E-state index contributed by atoms with van der Waals surface area (Å²) >= 11 is 0. The van der Waals surface area contributed by atoms with Crippen LogP contribution < -0.4 is 5.32 Å². The molecule has 1 aromatic carbocycles. The third-order valence-corrected chi connectivity index (χ3v) is 3.41. The number of amides is 1. The quantitative estimate of drug-likeness (QED) is 0.677. The molecule has 1 aromatic rings. The van der Waals surface area contributed by atoms with Crippen molar-refractivity contribution in [1.29, 1.82) is 0 Å². The zero-order valence-electron chi connectivity index (χ0n) is 11.8. The number of halogens is 1. The van der Waals surface area contributed by atoms with Gasteiger partial charge in [-0.05, 0) is 13.0 Å². The van der Waals surface area contributed by atoms with E-state index in [2.05, 4.69) is 5.32 Å². The molecule has 1 unspecified atom stereocenters. The van der Waals surface area contributed by atoms with Gasteiger partial charge in [0.15, 0.2) is 5.82 Å². The molecule has 1 aliphatic heterocycles. The number of carbonyl (C=O) groups is 1. The summed E-state index contributed by atoms with van der Waals surface area (Å²) in [4.78, 5) is 24.3. The zero-order valence-corrected chi connectivity index (χ0v) is 11.8. The van der Waals surface area contributed by atoms with Crippen LogP contribution in [0.1, 0.15) is 17.3 Å². The van der Waals surface area contributed by atoms with Crippen LogP contribution in [0.2, 0.25) is 0 Å². The van der Waals surface area contributed by atoms with Crippen molar-refractivity contribution in [3.8, 4) is 0 Å². The topological polar surface area (TPSA) is 84.7 Å². The molecular formula is C13H16FN3O4. The van der Waals surface area contributed by atoms with E-state index in [-0.39, 0.29) is 17.3 Å². The summed E-state index contributed by atoms with van der Waals surface area (Å²) in [6.45, 7) is 2.90. The number of benzene rings is 1. The van der Waals surface area contributed by atoms with Crippen LogP contribution in [-0.4, -0.2) is 48.6 Å². The van der Waals surface area contributed by atoms with Crippen LogP contribution >= 0.6 is 0 Å². The highest BCUT2D eigenvalue weighted by molar-refractivity contribution is 5.99. The van der Waals surface area contributed by atoms with Crippen molar-refractivity contribution < 1.29 is 18.8 Å². The maximum atomic E-state index is 13.7. The van der Waals surface area contributed by atoms with Gasteiger partial charge in [0.2, 0.25) is 0 Å². The van der Waals surface area contributed by atoms with Gasteiger partial charge < -0.3 is 15.0 Å². The van der Waals surface area contributed by atoms with Gasteiger partial charge in [0.05, 0.1) is 35.9 Å². The Morgan fingerprint density at radius 2 is 2.29 bits per heavy atom. The highest BCUT2D eigenvalue weighted by atomic mass is 19.1. The van der Waals surface area contributed by atoms with Crippen molar-refractivity contribution in [3.05, 3.63) is 33.6 Å². The number of rotatable bonds is 3. The second kappa shape index (κ2) is 6.04. The van der Waals surface area contributed by atoms with Crippen LogP contribution in [0.15, 0.2) is 12.1 Å². The van der Waals surface area contributed by atoms with Crippen LogP contribution in [0.5, 0.6) is 0 Å². The Balaban J connectivity index is 2.45. The molecule has 0 aliphatic carbocycles. The zero-order chi connectivity index (χ0) is 15.6. The van der Waals surface area contributed by atoms with Crippen LogP contribution in [0.4, 0.5) is 15.8 Å². The van der Waals surface area contributed by atoms with Gasteiger partial charge in [-0.1, -0.05) is 0 Å². The minimum atomic E-state index is -0.768. The Morgan fingerprint density at radius 3 is 2.86 bits per heavy atom. The number of nitrogens with one attached hydrogen (secondary N) is 1.